The van der Waals surface area contributed by atoms with E-state index in [2.05, 4.69) is 17.0 Å². The van der Waals surface area contributed by atoms with Gasteiger partial charge in [-0.15, -0.1) is 0 Å². The highest BCUT2D eigenvalue weighted by Gasteiger charge is 2.28. The highest BCUT2D eigenvalue weighted by atomic mass is 16.2. The molecule has 2 amide bonds. The fourth-order valence-electron chi connectivity index (χ4n) is 5.66. The van der Waals surface area contributed by atoms with Crippen molar-refractivity contribution in [2.75, 3.05) is 32.7 Å². The highest BCUT2D eigenvalue weighted by molar-refractivity contribution is 5.95. The van der Waals surface area contributed by atoms with E-state index in [0.717, 1.165) is 60.9 Å². The van der Waals surface area contributed by atoms with Crippen molar-refractivity contribution in [1.29, 1.82) is 0 Å². The van der Waals surface area contributed by atoms with Gasteiger partial charge in [-0.2, -0.15) is 0 Å². The van der Waals surface area contributed by atoms with Crippen LogP contribution in [0.3, 0.4) is 0 Å². The number of fused-ring (bicyclic) bond motifs is 1. The predicted octanol–water partition coefficient (Wildman–Crippen LogP) is 4.28. The number of amides is 2. The third kappa shape index (κ3) is 4.84. The monoisotopic (exact) mass is 445 g/mol. The number of hydrogen-bond donors (Lipinski definition) is 0. The Hall–Kier alpha value is -2.66. The second-order valence-electron chi connectivity index (χ2n) is 9.95. The van der Waals surface area contributed by atoms with E-state index in [1.807, 2.05) is 47.1 Å². The lowest BCUT2D eigenvalue weighted by atomic mass is 9.93. The minimum atomic E-state index is 0.0802. The molecule has 0 radical (unpaired) electrons. The lowest BCUT2D eigenvalue weighted by molar-refractivity contribution is 0.0522. The molecule has 0 bridgehead atoms. The first-order valence-electron chi connectivity index (χ1n) is 12.6. The summed E-state index contributed by atoms with van der Waals surface area (Å²) < 4.78 is 0. The van der Waals surface area contributed by atoms with Crippen molar-refractivity contribution in [3.8, 4) is 0 Å². The van der Waals surface area contributed by atoms with Crippen LogP contribution in [-0.2, 0) is 13.0 Å². The number of carbonyl (C=O) groups is 2. The number of hydrogen-bond acceptors (Lipinski definition) is 3. The van der Waals surface area contributed by atoms with Gasteiger partial charge in [0, 0.05) is 56.4 Å². The minimum absolute atomic E-state index is 0.0802. The molecule has 1 aliphatic carbocycles. The third-order valence-electron chi connectivity index (χ3n) is 7.74. The van der Waals surface area contributed by atoms with Crippen LogP contribution in [0.5, 0.6) is 0 Å². The fraction of sp³-hybridized carbons (Fsp3) is 0.500. The first kappa shape index (κ1) is 22.1. The lowest BCUT2D eigenvalue weighted by Gasteiger charge is -2.40. The molecule has 2 aromatic carbocycles. The molecule has 2 aliphatic heterocycles. The second kappa shape index (κ2) is 9.68. The molecular weight excluding hydrogens is 410 g/mol. The number of nitrogens with zero attached hydrogens (tertiary/aromatic N) is 3. The van der Waals surface area contributed by atoms with Crippen molar-refractivity contribution < 1.29 is 9.59 Å². The molecule has 2 aromatic rings. The van der Waals surface area contributed by atoms with Gasteiger partial charge >= 0.3 is 0 Å². The van der Waals surface area contributed by atoms with Gasteiger partial charge in [0.25, 0.3) is 11.8 Å². The Bertz CT molecular complexity index is 1000. The average Bonchev–Trinajstić information content (AvgIpc) is 2.88. The Balaban J connectivity index is 1.20. The van der Waals surface area contributed by atoms with E-state index in [1.165, 1.54) is 37.7 Å². The van der Waals surface area contributed by atoms with Crippen LogP contribution in [0.4, 0.5) is 0 Å². The maximum absolute atomic E-state index is 13.2. The Morgan fingerprint density at radius 3 is 2.12 bits per heavy atom. The Morgan fingerprint density at radius 2 is 1.39 bits per heavy atom. The predicted molar refractivity (Wildman–Crippen MR) is 130 cm³/mol. The molecule has 5 nitrogen and oxygen atoms in total. The maximum Gasteiger partial charge on any atom is 0.254 e. The van der Waals surface area contributed by atoms with Crippen LogP contribution in [0, 0.1) is 6.92 Å². The van der Waals surface area contributed by atoms with E-state index in [9.17, 15) is 9.59 Å². The van der Waals surface area contributed by atoms with Crippen LogP contribution in [0.25, 0.3) is 0 Å². The molecule has 0 spiro atoms. The minimum Gasteiger partial charge on any atom is -0.336 e. The molecule has 2 fully saturated rings. The lowest BCUT2D eigenvalue weighted by Crippen LogP contribution is -2.52. The molecule has 0 atom stereocenters. The Labute approximate surface area is 197 Å². The zero-order valence-electron chi connectivity index (χ0n) is 19.8. The van der Waals surface area contributed by atoms with E-state index in [4.69, 9.17) is 0 Å². The van der Waals surface area contributed by atoms with Crippen LogP contribution in [-0.4, -0.2) is 65.3 Å². The summed E-state index contributed by atoms with van der Waals surface area (Å²) in [5.41, 5.74) is 5.04. The van der Waals surface area contributed by atoms with E-state index in [1.54, 1.807) is 0 Å². The maximum atomic E-state index is 13.2. The summed E-state index contributed by atoms with van der Waals surface area (Å²) in [5, 5.41) is 0. The largest absolute Gasteiger partial charge is 0.336 e. The van der Waals surface area contributed by atoms with Crippen LogP contribution < -0.4 is 0 Å². The van der Waals surface area contributed by atoms with Crippen LogP contribution in [0.2, 0.25) is 0 Å². The standard InChI is InChI=1S/C28H35N3O2/c1-21-7-9-22(10-8-21)27(32)31-14-13-23-19-24(11-12-25(23)20-31)28(33)30-17-15-29(16-18-30)26-5-3-2-4-6-26/h7-12,19,26H,2-6,13-18,20H2,1H3. The summed E-state index contributed by atoms with van der Waals surface area (Å²) in [4.78, 5) is 32.6. The summed E-state index contributed by atoms with van der Waals surface area (Å²) in [6.07, 6.45) is 7.53. The molecule has 174 valence electrons. The molecule has 5 rings (SSSR count). The number of benzene rings is 2. The van der Waals surface area contributed by atoms with Crippen molar-refractivity contribution in [3.05, 3.63) is 70.3 Å². The van der Waals surface area contributed by atoms with Gasteiger partial charge in [0.1, 0.15) is 0 Å². The van der Waals surface area contributed by atoms with Gasteiger partial charge in [-0.05, 0) is 61.6 Å². The number of aryl methyl sites for hydroxylation is 1. The van der Waals surface area contributed by atoms with Gasteiger partial charge < -0.3 is 9.80 Å². The summed E-state index contributed by atoms with van der Waals surface area (Å²) in [5.74, 6) is 0.232. The van der Waals surface area contributed by atoms with Crippen molar-refractivity contribution >= 4 is 11.8 Å². The van der Waals surface area contributed by atoms with E-state index < -0.39 is 0 Å². The molecule has 0 aromatic heterocycles. The molecule has 1 saturated heterocycles. The molecule has 0 unspecified atom stereocenters. The van der Waals surface area contributed by atoms with Crippen molar-refractivity contribution in [2.45, 2.75) is 58.0 Å². The highest BCUT2D eigenvalue weighted by Crippen LogP contribution is 2.25. The third-order valence-corrected chi connectivity index (χ3v) is 7.74. The SMILES string of the molecule is Cc1ccc(C(=O)N2CCc3cc(C(=O)N4CCN(C5CCCCC5)CC4)ccc3C2)cc1. The van der Waals surface area contributed by atoms with Crippen LogP contribution in [0.15, 0.2) is 42.5 Å². The summed E-state index contributed by atoms with van der Waals surface area (Å²) in [6, 6.07) is 14.6. The molecule has 1 saturated carbocycles. The van der Waals surface area contributed by atoms with Gasteiger partial charge in [-0.3, -0.25) is 14.5 Å². The average molecular weight is 446 g/mol. The van der Waals surface area contributed by atoms with Crippen LogP contribution >= 0.6 is 0 Å². The first-order chi connectivity index (χ1) is 16.1. The molecule has 3 aliphatic rings. The van der Waals surface area contributed by atoms with E-state index in [0.29, 0.717) is 13.1 Å². The fourth-order valence-corrected chi connectivity index (χ4v) is 5.66. The molecule has 5 heteroatoms. The quantitative estimate of drug-likeness (QED) is 0.708. The van der Waals surface area contributed by atoms with E-state index >= 15 is 0 Å². The van der Waals surface area contributed by atoms with Crippen LogP contribution in [0.1, 0.15) is 69.5 Å². The second-order valence-corrected chi connectivity index (χ2v) is 9.95. The Morgan fingerprint density at radius 1 is 0.727 bits per heavy atom. The summed E-state index contributed by atoms with van der Waals surface area (Å²) in [7, 11) is 0. The topological polar surface area (TPSA) is 43.9 Å². The molecule has 2 heterocycles. The summed E-state index contributed by atoms with van der Waals surface area (Å²) in [6.45, 7) is 6.97. The van der Waals surface area contributed by atoms with Gasteiger partial charge in [-0.1, -0.05) is 43.0 Å². The van der Waals surface area contributed by atoms with Crippen molar-refractivity contribution in [3.63, 3.8) is 0 Å². The molecular formula is C28H35N3O2. The number of rotatable bonds is 3. The zero-order valence-corrected chi connectivity index (χ0v) is 19.8. The Kier molecular flexibility index (Phi) is 6.50. The van der Waals surface area contributed by atoms with Crippen molar-refractivity contribution in [2.24, 2.45) is 0 Å². The van der Waals surface area contributed by atoms with Gasteiger partial charge in [-0.25, -0.2) is 0 Å². The number of piperazine rings is 1. The smallest absolute Gasteiger partial charge is 0.254 e. The summed E-state index contributed by atoms with van der Waals surface area (Å²) >= 11 is 0. The van der Waals surface area contributed by atoms with Gasteiger partial charge in [0.15, 0.2) is 0 Å². The molecule has 33 heavy (non-hydrogen) atoms. The normalized spacial score (nSPS) is 19.9. The van der Waals surface area contributed by atoms with Gasteiger partial charge in [0.05, 0.1) is 0 Å². The first-order valence-corrected chi connectivity index (χ1v) is 12.6. The zero-order chi connectivity index (χ0) is 22.8. The van der Waals surface area contributed by atoms with E-state index in [-0.39, 0.29) is 11.8 Å². The van der Waals surface area contributed by atoms with Crippen molar-refractivity contribution in [1.82, 2.24) is 14.7 Å². The number of carbonyl (C=O) groups excluding carboxylic acids is 2. The molecule has 0 N–H and O–H groups in total. The van der Waals surface area contributed by atoms with Gasteiger partial charge in [0.2, 0.25) is 0 Å².